The van der Waals surface area contributed by atoms with Crippen LogP contribution in [0.3, 0.4) is 0 Å². The summed E-state index contributed by atoms with van der Waals surface area (Å²) in [6.45, 7) is 4.17. The topological polar surface area (TPSA) is 26.3 Å². The summed E-state index contributed by atoms with van der Waals surface area (Å²) in [7, 11) is 0. The minimum absolute atomic E-state index is 0.0131. The van der Waals surface area contributed by atoms with Crippen LogP contribution in [0.1, 0.15) is 56.3 Å². The van der Waals surface area contributed by atoms with E-state index in [1.807, 2.05) is 49.4 Å². The molecule has 2 heteroatoms. The van der Waals surface area contributed by atoms with Crippen LogP contribution in [0.15, 0.2) is 42.5 Å². The molecular formula is C19H24O2. The molecule has 0 saturated carbocycles. The van der Waals surface area contributed by atoms with E-state index in [2.05, 4.69) is 6.92 Å². The van der Waals surface area contributed by atoms with Crippen LogP contribution in [-0.4, -0.2) is 12.1 Å². The van der Waals surface area contributed by atoms with Gasteiger partial charge in [0.2, 0.25) is 0 Å². The van der Waals surface area contributed by atoms with Crippen molar-refractivity contribution in [1.82, 2.24) is 0 Å². The molecule has 0 saturated heterocycles. The normalized spacial score (nSPS) is 12.3. The van der Waals surface area contributed by atoms with Gasteiger partial charge >= 0.3 is 5.97 Å². The van der Waals surface area contributed by atoms with Gasteiger partial charge in [-0.05, 0) is 42.7 Å². The van der Waals surface area contributed by atoms with Crippen LogP contribution < -0.4 is 0 Å². The van der Waals surface area contributed by atoms with E-state index in [0.29, 0.717) is 5.56 Å². The van der Waals surface area contributed by atoms with Gasteiger partial charge in [-0.2, -0.15) is 0 Å². The summed E-state index contributed by atoms with van der Waals surface area (Å²) < 4.78 is 5.53. The third kappa shape index (κ3) is 4.59. The van der Waals surface area contributed by atoms with Crippen molar-refractivity contribution in [2.45, 2.75) is 52.1 Å². The van der Waals surface area contributed by atoms with Crippen molar-refractivity contribution in [3.05, 3.63) is 48.0 Å². The molecule has 1 atom stereocenters. The zero-order chi connectivity index (χ0) is 15.1. The lowest BCUT2D eigenvalue weighted by Crippen LogP contribution is -2.15. The fourth-order valence-electron chi connectivity index (χ4n) is 2.48. The second kappa shape index (κ2) is 7.82. The van der Waals surface area contributed by atoms with E-state index < -0.39 is 0 Å². The van der Waals surface area contributed by atoms with E-state index >= 15 is 0 Å². The molecule has 2 aromatic carbocycles. The molecule has 0 fully saturated rings. The third-order valence-electron chi connectivity index (χ3n) is 3.76. The third-order valence-corrected chi connectivity index (χ3v) is 3.76. The Morgan fingerprint density at radius 3 is 2.57 bits per heavy atom. The molecule has 0 unspecified atom stereocenters. The van der Waals surface area contributed by atoms with Crippen LogP contribution in [0.5, 0.6) is 0 Å². The maximum Gasteiger partial charge on any atom is 0.338 e. The molecule has 0 radical (unpaired) electrons. The van der Waals surface area contributed by atoms with Crippen LogP contribution in [0.4, 0.5) is 0 Å². The smallest absolute Gasteiger partial charge is 0.338 e. The monoisotopic (exact) mass is 284 g/mol. The van der Waals surface area contributed by atoms with Crippen molar-refractivity contribution in [3.63, 3.8) is 0 Å². The van der Waals surface area contributed by atoms with Crippen LogP contribution in [0.2, 0.25) is 0 Å². The summed E-state index contributed by atoms with van der Waals surface area (Å²) in [5.41, 5.74) is 0.633. The van der Waals surface area contributed by atoms with Crippen molar-refractivity contribution in [1.29, 1.82) is 0 Å². The van der Waals surface area contributed by atoms with E-state index in [1.165, 1.54) is 19.3 Å². The van der Waals surface area contributed by atoms with Crippen LogP contribution >= 0.6 is 0 Å². The van der Waals surface area contributed by atoms with E-state index in [0.717, 1.165) is 23.6 Å². The second-order valence-electron chi connectivity index (χ2n) is 5.63. The van der Waals surface area contributed by atoms with Gasteiger partial charge in [0.05, 0.1) is 11.7 Å². The molecule has 0 heterocycles. The molecule has 0 spiro atoms. The van der Waals surface area contributed by atoms with Crippen molar-refractivity contribution in [3.8, 4) is 0 Å². The van der Waals surface area contributed by atoms with Gasteiger partial charge in [-0.25, -0.2) is 4.79 Å². The SMILES string of the molecule is CCCCCC[C@H](C)OC(=O)c1ccc2ccccc2c1. The maximum absolute atomic E-state index is 12.2. The summed E-state index contributed by atoms with van der Waals surface area (Å²) in [5, 5.41) is 2.21. The highest BCUT2D eigenvalue weighted by molar-refractivity contribution is 5.95. The standard InChI is InChI=1S/C19H24O2/c1-3-4-5-6-9-15(2)21-19(20)18-13-12-16-10-7-8-11-17(16)14-18/h7-8,10-15H,3-6,9H2,1-2H3/t15-/m0/s1. The first-order valence-corrected chi connectivity index (χ1v) is 7.90. The quantitative estimate of drug-likeness (QED) is 0.505. The summed E-state index contributed by atoms with van der Waals surface area (Å²) >= 11 is 0. The Morgan fingerprint density at radius 2 is 1.81 bits per heavy atom. The Labute approximate surface area is 127 Å². The summed E-state index contributed by atoms with van der Waals surface area (Å²) in [6.07, 6.45) is 5.76. The number of ether oxygens (including phenoxy) is 1. The number of carbonyl (C=O) groups excluding carboxylic acids is 1. The number of carbonyl (C=O) groups is 1. The summed E-state index contributed by atoms with van der Waals surface area (Å²) in [4.78, 5) is 12.2. The average molecular weight is 284 g/mol. The molecule has 112 valence electrons. The van der Waals surface area contributed by atoms with Gasteiger partial charge in [-0.1, -0.05) is 56.5 Å². The van der Waals surface area contributed by atoms with Crippen LogP contribution in [0.25, 0.3) is 10.8 Å². The van der Waals surface area contributed by atoms with Gasteiger partial charge in [0.15, 0.2) is 0 Å². The number of esters is 1. The lowest BCUT2D eigenvalue weighted by Gasteiger charge is -2.13. The number of hydrogen-bond donors (Lipinski definition) is 0. The molecule has 0 bridgehead atoms. The zero-order valence-corrected chi connectivity index (χ0v) is 13.0. The van der Waals surface area contributed by atoms with Gasteiger partial charge in [0.25, 0.3) is 0 Å². The molecule has 0 N–H and O–H groups in total. The van der Waals surface area contributed by atoms with E-state index in [4.69, 9.17) is 4.74 Å². The highest BCUT2D eigenvalue weighted by atomic mass is 16.5. The summed E-state index contributed by atoms with van der Waals surface area (Å²) in [6, 6.07) is 13.8. The van der Waals surface area contributed by atoms with E-state index in [1.54, 1.807) is 0 Å². The molecule has 0 aromatic heterocycles. The number of rotatable bonds is 7. The highest BCUT2D eigenvalue weighted by Crippen LogP contribution is 2.17. The Bertz CT molecular complexity index is 589. The predicted molar refractivity (Wildman–Crippen MR) is 87.6 cm³/mol. The van der Waals surface area contributed by atoms with E-state index in [-0.39, 0.29) is 12.1 Å². The molecular weight excluding hydrogens is 260 g/mol. The first-order valence-electron chi connectivity index (χ1n) is 7.90. The number of benzene rings is 2. The second-order valence-corrected chi connectivity index (χ2v) is 5.63. The molecule has 2 aromatic rings. The maximum atomic E-state index is 12.2. The minimum atomic E-state index is -0.219. The Hall–Kier alpha value is -1.83. The molecule has 2 nitrogen and oxygen atoms in total. The van der Waals surface area contributed by atoms with E-state index in [9.17, 15) is 4.79 Å². The lowest BCUT2D eigenvalue weighted by molar-refractivity contribution is 0.0319. The van der Waals surface area contributed by atoms with Crippen LogP contribution in [0, 0.1) is 0 Å². The van der Waals surface area contributed by atoms with Crippen LogP contribution in [-0.2, 0) is 4.74 Å². The van der Waals surface area contributed by atoms with Crippen molar-refractivity contribution < 1.29 is 9.53 Å². The number of unbranched alkanes of at least 4 members (excludes halogenated alkanes) is 3. The summed E-state index contributed by atoms with van der Waals surface area (Å²) in [5.74, 6) is -0.219. The highest BCUT2D eigenvalue weighted by Gasteiger charge is 2.12. The van der Waals surface area contributed by atoms with Gasteiger partial charge in [0, 0.05) is 0 Å². The fraction of sp³-hybridized carbons (Fsp3) is 0.421. The lowest BCUT2D eigenvalue weighted by atomic mass is 10.1. The van der Waals surface area contributed by atoms with Gasteiger partial charge in [0.1, 0.15) is 0 Å². The molecule has 0 aliphatic heterocycles. The Morgan fingerprint density at radius 1 is 1.05 bits per heavy atom. The van der Waals surface area contributed by atoms with Crippen molar-refractivity contribution >= 4 is 16.7 Å². The Kier molecular flexibility index (Phi) is 5.79. The van der Waals surface area contributed by atoms with Crippen molar-refractivity contribution in [2.75, 3.05) is 0 Å². The first kappa shape index (κ1) is 15.6. The molecule has 0 amide bonds. The van der Waals surface area contributed by atoms with Gasteiger partial charge < -0.3 is 4.74 Å². The average Bonchev–Trinajstić information content (AvgIpc) is 2.51. The Balaban J connectivity index is 1.92. The zero-order valence-electron chi connectivity index (χ0n) is 13.0. The fourth-order valence-corrected chi connectivity index (χ4v) is 2.48. The molecule has 2 rings (SSSR count). The molecule has 21 heavy (non-hydrogen) atoms. The predicted octanol–water partition coefficient (Wildman–Crippen LogP) is 5.36. The minimum Gasteiger partial charge on any atom is -0.459 e. The van der Waals surface area contributed by atoms with Crippen molar-refractivity contribution in [2.24, 2.45) is 0 Å². The molecule has 0 aliphatic carbocycles. The molecule has 0 aliphatic rings. The first-order chi connectivity index (χ1) is 10.2. The van der Waals surface area contributed by atoms with Gasteiger partial charge in [-0.15, -0.1) is 0 Å². The number of fused-ring (bicyclic) bond motifs is 1. The number of hydrogen-bond acceptors (Lipinski definition) is 2. The van der Waals surface area contributed by atoms with Gasteiger partial charge in [-0.3, -0.25) is 0 Å². The largest absolute Gasteiger partial charge is 0.459 e.